The van der Waals surface area contributed by atoms with E-state index >= 15 is 0 Å². The lowest BCUT2D eigenvalue weighted by atomic mass is 9.84. The Kier molecular flexibility index (Phi) is 5.48. The van der Waals surface area contributed by atoms with E-state index in [1.165, 1.54) is 0 Å². The van der Waals surface area contributed by atoms with Gasteiger partial charge in [0.2, 0.25) is 11.8 Å². The number of nitrogens with zero attached hydrogens (tertiary/aromatic N) is 1. The molecule has 1 saturated heterocycles. The van der Waals surface area contributed by atoms with Gasteiger partial charge in [0.25, 0.3) is 6.43 Å². The SMILES string of the molecule is CCC1(CC)C(=O)NC(CC(C)C)C(=O)N1CC(F)F. The number of hydrogen-bond acceptors (Lipinski definition) is 2. The Hall–Kier alpha value is -1.20. The normalized spacial score (nSPS) is 22.6. The maximum absolute atomic E-state index is 12.8. The van der Waals surface area contributed by atoms with Gasteiger partial charge < -0.3 is 10.2 Å². The van der Waals surface area contributed by atoms with Gasteiger partial charge in [0.1, 0.15) is 11.6 Å². The average Bonchev–Trinajstić information content (AvgIpc) is 2.35. The third kappa shape index (κ3) is 3.10. The fourth-order valence-electron chi connectivity index (χ4n) is 2.86. The Morgan fingerprint density at radius 2 is 1.80 bits per heavy atom. The Balaban J connectivity index is 3.10. The topological polar surface area (TPSA) is 49.4 Å². The fourth-order valence-corrected chi connectivity index (χ4v) is 2.86. The van der Waals surface area contributed by atoms with Crippen molar-refractivity contribution in [3.05, 3.63) is 0 Å². The lowest BCUT2D eigenvalue weighted by molar-refractivity contribution is -0.161. The number of rotatable bonds is 6. The molecule has 1 heterocycles. The van der Waals surface area contributed by atoms with E-state index in [0.29, 0.717) is 19.3 Å². The minimum Gasteiger partial charge on any atom is -0.342 e. The highest BCUT2D eigenvalue weighted by atomic mass is 19.3. The van der Waals surface area contributed by atoms with Crippen molar-refractivity contribution in [1.29, 1.82) is 0 Å². The summed E-state index contributed by atoms with van der Waals surface area (Å²) in [5.41, 5.74) is -1.14. The first-order chi connectivity index (χ1) is 9.28. The van der Waals surface area contributed by atoms with Crippen LogP contribution in [0.5, 0.6) is 0 Å². The molecule has 0 spiro atoms. The summed E-state index contributed by atoms with van der Waals surface area (Å²) in [4.78, 5) is 25.9. The Bertz CT molecular complexity index is 368. The van der Waals surface area contributed by atoms with Crippen LogP contribution >= 0.6 is 0 Å². The molecule has 0 radical (unpaired) electrons. The molecule has 1 unspecified atom stereocenters. The molecule has 0 saturated carbocycles. The number of amides is 2. The molecule has 20 heavy (non-hydrogen) atoms. The fraction of sp³-hybridized carbons (Fsp3) is 0.857. The van der Waals surface area contributed by atoms with E-state index in [0.717, 1.165) is 4.90 Å². The molecule has 0 aromatic carbocycles. The van der Waals surface area contributed by atoms with Crippen molar-refractivity contribution < 1.29 is 18.4 Å². The third-order valence-corrected chi connectivity index (χ3v) is 4.01. The molecule has 1 fully saturated rings. The van der Waals surface area contributed by atoms with E-state index in [4.69, 9.17) is 0 Å². The zero-order valence-corrected chi connectivity index (χ0v) is 12.6. The van der Waals surface area contributed by atoms with Gasteiger partial charge in [0.15, 0.2) is 0 Å². The van der Waals surface area contributed by atoms with Gasteiger partial charge in [-0.05, 0) is 25.2 Å². The van der Waals surface area contributed by atoms with Gasteiger partial charge in [-0.1, -0.05) is 27.7 Å². The smallest absolute Gasteiger partial charge is 0.255 e. The standard InChI is InChI=1S/C14H24F2N2O2/c1-5-14(6-2)13(20)17-10(7-9(3)4)12(19)18(14)8-11(15)16/h9-11H,5-8H2,1-4H3,(H,17,20). The first kappa shape index (κ1) is 16.9. The Labute approximate surface area is 118 Å². The van der Waals surface area contributed by atoms with Crippen molar-refractivity contribution in [2.75, 3.05) is 6.54 Å². The molecule has 0 bridgehead atoms. The molecule has 116 valence electrons. The summed E-state index contributed by atoms with van der Waals surface area (Å²) < 4.78 is 25.6. The monoisotopic (exact) mass is 290 g/mol. The lowest BCUT2D eigenvalue weighted by Crippen LogP contribution is -2.71. The largest absolute Gasteiger partial charge is 0.342 e. The molecule has 1 rings (SSSR count). The number of alkyl halides is 2. The van der Waals surface area contributed by atoms with Gasteiger partial charge in [0.05, 0.1) is 6.54 Å². The summed E-state index contributed by atoms with van der Waals surface area (Å²) >= 11 is 0. The number of hydrogen-bond donors (Lipinski definition) is 1. The molecule has 1 atom stereocenters. The molecule has 6 heteroatoms. The van der Waals surface area contributed by atoms with E-state index in [1.54, 1.807) is 13.8 Å². The summed E-state index contributed by atoms with van der Waals surface area (Å²) in [5.74, 6) is -0.496. The van der Waals surface area contributed by atoms with Crippen LogP contribution in [0.25, 0.3) is 0 Å². The zero-order valence-electron chi connectivity index (χ0n) is 12.6. The molecular weight excluding hydrogens is 266 g/mol. The van der Waals surface area contributed by atoms with Crippen molar-refractivity contribution >= 4 is 11.8 Å². The van der Waals surface area contributed by atoms with Crippen molar-refractivity contribution in [2.24, 2.45) is 5.92 Å². The minimum atomic E-state index is -2.64. The number of carbonyl (C=O) groups excluding carboxylic acids is 2. The van der Waals surface area contributed by atoms with Crippen LogP contribution in [-0.4, -0.2) is 41.3 Å². The molecule has 1 aliphatic rings. The van der Waals surface area contributed by atoms with Gasteiger partial charge in [0, 0.05) is 0 Å². The second-order valence-electron chi connectivity index (χ2n) is 5.73. The van der Waals surface area contributed by atoms with E-state index in [1.807, 2.05) is 13.8 Å². The summed E-state index contributed by atoms with van der Waals surface area (Å²) in [6, 6.07) is -0.688. The number of nitrogens with one attached hydrogen (secondary N) is 1. The summed E-state index contributed by atoms with van der Waals surface area (Å²) in [6.07, 6.45) is -1.50. The predicted molar refractivity (Wildman–Crippen MR) is 72.4 cm³/mol. The van der Waals surface area contributed by atoms with Crippen LogP contribution in [0.3, 0.4) is 0 Å². The molecule has 1 aliphatic heterocycles. The Morgan fingerprint density at radius 1 is 1.25 bits per heavy atom. The van der Waals surface area contributed by atoms with Crippen molar-refractivity contribution in [3.63, 3.8) is 0 Å². The Morgan fingerprint density at radius 3 is 2.20 bits per heavy atom. The first-order valence-corrected chi connectivity index (χ1v) is 7.19. The highest BCUT2D eigenvalue weighted by molar-refractivity contribution is 5.99. The van der Waals surface area contributed by atoms with Crippen molar-refractivity contribution in [3.8, 4) is 0 Å². The van der Waals surface area contributed by atoms with Crippen LogP contribution in [0.2, 0.25) is 0 Å². The average molecular weight is 290 g/mol. The molecule has 0 aliphatic carbocycles. The molecular formula is C14H24F2N2O2. The predicted octanol–water partition coefficient (Wildman–Crippen LogP) is 2.18. The maximum Gasteiger partial charge on any atom is 0.255 e. The molecule has 2 amide bonds. The quantitative estimate of drug-likeness (QED) is 0.815. The van der Waals surface area contributed by atoms with Crippen LogP contribution in [0.15, 0.2) is 0 Å². The van der Waals surface area contributed by atoms with Crippen LogP contribution in [0.4, 0.5) is 8.78 Å². The van der Waals surface area contributed by atoms with Crippen LogP contribution in [0, 0.1) is 5.92 Å². The van der Waals surface area contributed by atoms with Gasteiger partial charge in [-0.3, -0.25) is 9.59 Å². The van der Waals surface area contributed by atoms with Crippen molar-refractivity contribution in [2.45, 2.75) is 65.0 Å². The second-order valence-corrected chi connectivity index (χ2v) is 5.73. The minimum absolute atomic E-state index is 0.202. The van der Waals surface area contributed by atoms with E-state index < -0.39 is 24.6 Å². The van der Waals surface area contributed by atoms with E-state index in [-0.39, 0.29) is 17.7 Å². The number of piperazine rings is 1. The second kappa shape index (κ2) is 6.50. The summed E-state index contributed by atoms with van der Waals surface area (Å²) in [5, 5.41) is 2.72. The van der Waals surface area contributed by atoms with Gasteiger partial charge in [-0.15, -0.1) is 0 Å². The van der Waals surface area contributed by atoms with Crippen LogP contribution in [-0.2, 0) is 9.59 Å². The van der Waals surface area contributed by atoms with Crippen LogP contribution < -0.4 is 5.32 Å². The van der Waals surface area contributed by atoms with Gasteiger partial charge in [-0.2, -0.15) is 0 Å². The third-order valence-electron chi connectivity index (χ3n) is 4.01. The molecule has 4 nitrogen and oxygen atoms in total. The van der Waals surface area contributed by atoms with Crippen molar-refractivity contribution in [1.82, 2.24) is 10.2 Å². The maximum atomic E-state index is 12.8. The number of carbonyl (C=O) groups is 2. The molecule has 1 N–H and O–H groups in total. The van der Waals surface area contributed by atoms with Crippen LogP contribution in [0.1, 0.15) is 47.0 Å². The first-order valence-electron chi connectivity index (χ1n) is 7.19. The van der Waals surface area contributed by atoms with Gasteiger partial charge in [-0.25, -0.2) is 8.78 Å². The summed E-state index contributed by atoms with van der Waals surface area (Å²) in [6.45, 7) is 6.68. The summed E-state index contributed by atoms with van der Waals surface area (Å²) in [7, 11) is 0. The molecule has 0 aromatic rings. The zero-order chi connectivity index (χ0) is 15.5. The van der Waals surface area contributed by atoms with Gasteiger partial charge >= 0.3 is 0 Å². The van der Waals surface area contributed by atoms with E-state index in [2.05, 4.69) is 5.32 Å². The molecule has 0 aromatic heterocycles. The lowest BCUT2D eigenvalue weighted by Gasteiger charge is -2.47. The highest BCUT2D eigenvalue weighted by Gasteiger charge is 2.50. The number of halogens is 2. The highest BCUT2D eigenvalue weighted by Crippen LogP contribution is 2.30. The van der Waals surface area contributed by atoms with E-state index in [9.17, 15) is 18.4 Å².